The van der Waals surface area contributed by atoms with Crippen LogP contribution in [0.15, 0.2) is 66.7 Å². The van der Waals surface area contributed by atoms with Crippen molar-refractivity contribution in [1.82, 2.24) is 9.88 Å². The van der Waals surface area contributed by atoms with Gasteiger partial charge in [-0.1, -0.05) is 59.7 Å². The number of carbonyl (C=O) groups excluding carboxylic acids is 1. The first kappa shape index (κ1) is 20.9. The average molecular weight is 411 g/mol. The summed E-state index contributed by atoms with van der Waals surface area (Å²) in [6.07, 6.45) is 0.833. The van der Waals surface area contributed by atoms with Gasteiger partial charge in [-0.15, -0.1) is 0 Å². The first-order valence-corrected chi connectivity index (χ1v) is 10.9. The molecule has 0 aliphatic heterocycles. The Morgan fingerprint density at radius 2 is 1.61 bits per heavy atom. The molecular weight excluding hydrogens is 380 g/mol. The van der Waals surface area contributed by atoms with E-state index in [4.69, 9.17) is 0 Å². The number of aryl methyl sites for hydroxylation is 3. The lowest BCUT2D eigenvalue weighted by atomic mass is 10.1. The summed E-state index contributed by atoms with van der Waals surface area (Å²) < 4.78 is 2.35. The van der Waals surface area contributed by atoms with E-state index in [9.17, 15) is 4.79 Å². The lowest BCUT2D eigenvalue weighted by Gasteiger charge is -2.10. The molecule has 1 N–H and O–H groups in total. The minimum Gasteiger partial charge on any atom is -0.352 e. The molecule has 4 aromatic rings. The van der Waals surface area contributed by atoms with Crippen molar-refractivity contribution in [3.8, 4) is 0 Å². The third kappa shape index (κ3) is 4.56. The molecule has 1 amide bonds. The molecule has 0 unspecified atom stereocenters. The van der Waals surface area contributed by atoms with Gasteiger partial charge in [-0.25, -0.2) is 0 Å². The lowest BCUT2D eigenvalue weighted by molar-refractivity contribution is 0.0954. The Kier molecular flexibility index (Phi) is 5.94. The second-order valence-corrected chi connectivity index (χ2v) is 8.51. The predicted molar refractivity (Wildman–Crippen MR) is 129 cm³/mol. The van der Waals surface area contributed by atoms with Crippen molar-refractivity contribution in [2.24, 2.45) is 0 Å². The number of amides is 1. The zero-order valence-electron chi connectivity index (χ0n) is 18.8. The van der Waals surface area contributed by atoms with Gasteiger partial charge in [0.25, 0.3) is 5.91 Å². The van der Waals surface area contributed by atoms with E-state index >= 15 is 0 Å². The van der Waals surface area contributed by atoms with Gasteiger partial charge in [0, 0.05) is 35.2 Å². The highest BCUT2D eigenvalue weighted by atomic mass is 16.1. The number of rotatable bonds is 6. The highest BCUT2D eigenvalue weighted by molar-refractivity contribution is 5.99. The molecule has 0 bridgehead atoms. The summed E-state index contributed by atoms with van der Waals surface area (Å²) >= 11 is 0. The summed E-state index contributed by atoms with van der Waals surface area (Å²) in [5.74, 6) is -0.0162. The van der Waals surface area contributed by atoms with Gasteiger partial charge in [-0.3, -0.25) is 4.79 Å². The Balaban J connectivity index is 1.51. The molecule has 31 heavy (non-hydrogen) atoms. The van der Waals surface area contributed by atoms with Crippen LogP contribution in [0.25, 0.3) is 10.9 Å². The van der Waals surface area contributed by atoms with E-state index < -0.39 is 0 Å². The molecule has 0 atom stereocenters. The van der Waals surface area contributed by atoms with E-state index in [0.717, 1.165) is 18.4 Å². The normalized spacial score (nSPS) is 11.1. The van der Waals surface area contributed by atoms with E-state index in [2.05, 4.69) is 92.2 Å². The monoisotopic (exact) mass is 410 g/mol. The molecule has 3 heteroatoms. The van der Waals surface area contributed by atoms with Crippen LogP contribution in [0, 0.1) is 27.7 Å². The quantitative estimate of drug-likeness (QED) is 0.422. The third-order valence-electron chi connectivity index (χ3n) is 6.14. The molecule has 1 aromatic heterocycles. The Morgan fingerprint density at radius 3 is 2.35 bits per heavy atom. The number of aromatic nitrogens is 1. The molecule has 4 rings (SSSR count). The number of hydrogen-bond donors (Lipinski definition) is 1. The number of nitrogens with one attached hydrogen (secondary N) is 1. The van der Waals surface area contributed by atoms with Crippen molar-refractivity contribution in [2.45, 2.75) is 40.7 Å². The van der Waals surface area contributed by atoms with Crippen molar-refractivity contribution >= 4 is 16.8 Å². The van der Waals surface area contributed by atoms with Gasteiger partial charge >= 0.3 is 0 Å². The van der Waals surface area contributed by atoms with Crippen LogP contribution in [-0.4, -0.2) is 17.0 Å². The second kappa shape index (κ2) is 8.81. The minimum atomic E-state index is -0.0162. The van der Waals surface area contributed by atoms with E-state index in [0.29, 0.717) is 12.1 Å². The molecule has 0 spiro atoms. The highest BCUT2D eigenvalue weighted by Gasteiger charge is 2.14. The van der Waals surface area contributed by atoms with E-state index in [1.807, 2.05) is 12.1 Å². The average Bonchev–Trinajstić information content (AvgIpc) is 2.99. The fourth-order valence-corrected chi connectivity index (χ4v) is 4.17. The van der Waals surface area contributed by atoms with E-state index in [-0.39, 0.29) is 5.91 Å². The summed E-state index contributed by atoms with van der Waals surface area (Å²) in [7, 11) is 0. The van der Waals surface area contributed by atoms with E-state index in [1.54, 1.807) is 0 Å². The largest absolute Gasteiger partial charge is 0.352 e. The first-order chi connectivity index (χ1) is 14.9. The van der Waals surface area contributed by atoms with Gasteiger partial charge in [0.05, 0.1) is 0 Å². The number of benzene rings is 3. The Bertz CT molecular complexity index is 1230. The molecule has 158 valence electrons. The van der Waals surface area contributed by atoms with Crippen molar-refractivity contribution in [3.05, 3.63) is 106 Å². The summed E-state index contributed by atoms with van der Waals surface area (Å²) in [5, 5.41) is 4.22. The molecule has 0 saturated heterocycles. The topological polar surface area (TPSA) is 34.0 Å². The molecule has 3 nitrogen and oxygen atoms in total. The van der Waals surface area contributed by atoms with Crippen LogP contribution in [0.1, 0.15) is 43.9 Å². The van der Waals surface area contributed by atoms with Crippen LogP contribution in [0.2, 0.25) is 0 Å². The number of carbonyl (C=O) groups is 1. The van der Waals surface area contributed by atoms with Crippen LogP contribution < -0.4 is 5.32 Å². The maximum absolute atomic E-state index is 12.7. The van der Waals surface area contributed by atoms with Crippen molar-refractivity contribution < 1.29 is 4.79 Å². The predicted octanol–water partition coefficient (Wildman–Crippen LogP) is 5.90. The van der Waals surface area contributed by atoms with E-state index in [1.165, 1.54) is 39.0 Å². The van der Waals surface area contributed by atoms with Crippen molar-refractivity contribution in [2.75, 3.05) is 6.54 Å². The smallest absolute Gasteiger partial charge is 0.251 e. The van der Waals surface area contributed by atoms with Crippen molar-refractivity contribution in [1.29, 1.82) is 0 Å². The molecule has 0 radical (unpaired) electrons. The van der Waals surface area contributed by atoms with Crippen LogP contribution in [0.4, 0.5) is 0 Å². The zero-order valence-corrected chi connectivity index (χ0v) is 18.8. The number of fused-ring (bicyclic) bond motifs is 1. The molecule has 0 aliphatic rings. The Hall–Kier alpha value is -3.33. The van der Waals surface area contributed by atoms with Gasteiger partial charge in [-0.2, -0.15) is 0 Å². The SMILES string of the molecule is Cc1ccc(CCNC(=O)c2ccc3c(c2)c(C)c(C)n3Cc2cccc(C)c2)cc1. The number of nitrogens with zero attached hydrogens (tertiary/aromatic N) is 1. The summed E-state index contributed by atoms with van der Waals surface area (Å²) in [6, 6.07) is 23.2. The van der Waals surface area contributed by atoms with Gasteiger partial charge in [0.15, 0.2) is 0 Å². The fraction of sp³-hybridized carbons (Fsp3) is 0.250. The molecule has 0 saturated carbocycles. The minimum absolute atomic E-state index is 0.0162. The molecule has 1 heterocycles. The molecule has 3 aromatic carbocycles. The van der Waals surface area contributed by atoms with Gasteiger partial charge in [0.1, 0.15) is 0 Å². The summed E-state index contributed by atoms with van der Waals surface area (Å²) in [6.45, 7) is 9.97. The van der Waals surface area contributed by atoms with Crippen LogP contribution in [0.3, 0.4) is 0 Å². The maximum atomic E-state index is 12.7. The van der Waals surface area contributed by atoms with Crippen LogP contribution >= 0.6 is 0 Å². The fourth-order valence-electron chi connectivity index (χ4n) is 4.17. The highest BCUT2D eigenvalue weighted by Crippen LogP contribution is 2.27. The van der Waals surface area contributed by atoms with Crippen molar-refractivity contribution in [3.63, 3.8) is 0 Å². The van der Waals surface area contributed by atoms with Gasteiger partial charge in [0.2, 0.25) is 0 Å². The standard InChI is InChI=1S/C28H30N2O/c1-19-8-10-23(11-9-19)14-15-29-28(31)25-12-13-27-26(17-25)21(3)22(4)30(27)18-24-7-5-6-20(2)16-24/h5-13,16-17H,14-15,18H2,1-4H3,(H,29,31). The molecular formula is C28H30N2O. The maximum Gasteiger partial charge on any atom is 0.251 e. The van der Waals surface area contributed by atoms with Gasteiger partial charge in [-0.05, 0) is 69.0 Å². The zero-order chi connectivity index (χ0) is 22.0. The Labute approximate surface area is 184 Å². The molecule has 0 aliphatic carbocycles. The Morgan fingerprint density at radius 1 is 0.839 bits per heavy atom. The molecule has 0 fully saturated rings. The lowest BCUT2D eigenvalue weighted by Crippen LogP contribution is -2.25. The van der Waals surface area contributed by atoms with Gasteiger partial charge < -0.3 is 9.88 Å². The summed E-state index contributed by atoms with van der Waals surface area (Å²) in [4.78, 5) is 12.7. The van der Waals surface area contributed by atoms with Crippen LogP contribution in [-0.2, 0) is 13.0 Å². The number of hydrogen-bond acceptors (Lipinski definition) is 1. The summed E-state index contributed by atoms with van der Waals surface area (Å²) in [5.41, 5.74) is 9.42. The second-order valence-electron chi connectivity index (χ2n) is 8.51. The third-order valence-corrected chi connectivity index (χ3v) is 6.14. The van der Waals surface area contributed by atoms with Crippen LogP contribution in [0.5, 0.6) is 0 Å². The first-order valence-electron chi connectivity index (χ1n) is 10.9.